The number of thiazole rings is 1. The molecule has 2 aromatic rings. The summed E-state index contributed by atoms with van der Waals surface area (Å²) in [5.74, 6) is 0.347. The van der Waals surface area contributed by atoms with Crippen LogP contribution in [0.5, 0.6) is 0 Å². The van der Waals surface area contributed by atoms with E-state index in [-0.39, 0.29) is 30.0 Å². The largest absolute Gasteiger partial charge is 0.390 e. The number of carbonyl (C=O) groups excluding carboxylic acids is 1. The van der Waals surface area contributed by atoms with Crippen molar-refractivity contribution >= 4 is 27.5 Å². The quantitative estimate of drug-likeness (QED) is 0.830. The summed E-state index contributed by atoms with van der Waals surface area (Å²) in [6.45, 7) is 5.68. The van der Waals surface area contributed by atoms with Gasteiger partial charge in [-0.05, 0) is 38.5 Å². The Labute approximate surface area is 155 Å². The molecule has 1 amide bonds. The van der Waals surface area contributed by atoms with Crippen molar-refractivity contribution in [1.29, 1.82) is 0 Å². The highest BCUT2D eigenvalue weighted by molar-refractivity contribution is 7.18. The molecule has 4 rings (SSSR count). The van der Waals surface area contributed by atoms with Gasteiger partial charge in [0.25, 0.3) is 5.56 Å². The Bertz CT molecular complexity index is 918. The van der Waals surface area contributed by atoms with E-state index in [0.29, 0.717) is 29.0 Å². The first kappa shape index (κ1) is 17.6. The molecule has 2 N–H and O–H groups in total. The van der Waals surface area contributed by atoms with Crippen molar-refractivity contribution in [1.82, 2.24) is 20.1 Å². The molecule has 0 radical (unpaired) electrons. The van der Waals surface area contributed by atoms with Gasteiger partial charge in [-0.25, -0.2) is 9.67 Å². The summed E-state index contributed by atoms with van der Waals surface area (Å²) in [4.78, 5) is 29.8. The van der Waals surface area contributed by atoms with Gasteiger partial charge in [0.2, 0.25) is 5.91 Å². The number of fused-ring (bicyclic) bond motifs is 1. The topological polar surface area (TPSA) is 97.1 Å². The van der Waals surface area contributed by atoms with E-state index < -0.39 is 5.60 Å². The Balaban J connectivity index is 1.61. The fourth-order valence-corrected chi connectivity index (χ4v) is 4.70. The van der Waals surface area contributed by atoms with Crippen LogP contribution in [0, 0.1) is 0 Å². The molecule has 2 fully saturated rings. The Morgan fingerprint density at radius 1 is 1.42 bits per heavy atom. The van der Waals surface area contributed by atoms with Crippen molar-refractivity contribution < 1.29 is 9.90 Å². The van der Waals surface area contributed by atoms with Gasteiger partial charge in [0.05, 0.1) is 16.3 Å². The van der Waals surface area contributed by atoms with Crippen molar-refractivity contribution in [3.05, 3.63) is 21.1 Å². The first-order valence-corrected chi connectivity index (χ1v) is 9.98. The summed E-state index contributed by atoms with van der Waals surface area (Å²) in [5, 5.41) is 18.1. The second kappa shape index (κ2) is 6.13. The average Bonchev–Trinajstić information content (AvgIpc) is 3.27. The first-order chi connectivity index (χ1) is 12.2. The lowest BCUT2D eigenvalue weighted by molar-refractivity contribution is -0.125. The van der Waals surface area contributed by atoms with Gasteiger partial charge in [-0.2, -0.15) is 5.10 Å². The summed E-state index contributed by atoms with van der Waals surface area (Å²) >= 11 is 1.45. The average molecular weight is 376 g/mol. The van der Waals surface area contributed by atoms with Gasteiger partial charge < -0.3 is 10.4 Å². The SMILES string of the molecule is CC(C)c1nn(CC(=O)NC2CC(C)(O)C2)c(=O)c2sc(C3CC3)nc12. The summed E-state index contributed by atoms with van der Waals surface area (Å²) in [5.41, 5.74) is 0.522. The van der Waals surface area contributed by atoms with Crippen LogP contribution in [0.3, 0.4) is 0 Å². The van der Waals surface area contributed by atoms with Crippen LogP contribution in [0.2, 0.25) is 0 Å². The van der Waals surface area contributed by atoms with Gasteiger partial charge >= 0.3 is 0 Å². The number of nitrogens with zero attached hydrogens (tertiary/aromatic N) is 3. The third kappa shape index (κ3) is 3.27. The van der Waals surface area contributed by atoms with Gasteiger partial charge in [0.15, 0.2) is 0 Å². The highest BCUT2D eigenvalue weighted by Gasteiger charge is 2.39. The standard InChI is InChI=1S/C18H24N4O3S/c1-9(2)13-14-15(26-16(20-14)10-4-5-10)17(24)22(21-13)8-12(23)19-11-6-18(3,25)7-11/h9-11,25H,4-8H2,1-3H3,(H,19,23). The summed E-state index contributed by atoms with van der Waals surface area (Å²) in [6, 6.07) is -0.0358. The molecule has 2 heterocycles. The van der Waals surface area contributed by atoms with E-state index in [1.807, 2.05) is 13.8 Å². The maximum Gasteiger partial charge on any atom is 0.286 e. The number of aliphatic hydroxyl groups is 1. The number of hydrogen-bond donors (Lipinski definition) is 2. The van der Waals surface area contributed by atoms with Crippen molar-refractivity contribution in [2.24, 2.45) is 0 Å². The number of nitrogens with one attached hydrogen (secondary N) is 1. The zero-order chi connectivity index (χ0) is 18.6. The summed E-state index contributed by atoms with van der Waals surface area (Å²) in [6.07, 6.45) is 3.34. The second-order valence-electron chi connectivity index (χ2n) is 8.18. The van der Waals surface area contributed by atoms with E-state index in [2.05, 4.69) is 15.4 Å². The van der Waals surface area contributed by atoms with Crippen LogP contribution >= 0.6 is 11.3 Å². The lowest BCUT2D eigenvalue weighted by atomic mass is 9.77. The molecule has 2 aliphatic rings. The number of carbonyl (C=O) groups is 1. The highest BCUT2D eigenvalue weighted by Crippen LogP contribution is 2.43. The third-order valence-electron chi connectivity index (χ3n) is 5.05. The lowest BCUT2D eigenvalue weighted by Gasteiger charge is -2.41. The smallest absolute Gasteiger partial charge is 0.286 e. The summed E-state index contributed by atoms with van der Waals surface area (Å²) in [7, 11) is 0. The molecule has 0 atom stereocenters. The molecule has 2 aromatic heterocycles. The third-order valence-corrected chi connectivity index (χ3v) is 6.25. The van der Waals surface area contributed by atoms with Crippen LogP contribution in [0.15, 0.2) is 4.79 Å². The molecule has 0 aliphatic heterocycles. The minimum absolute atomic E-state index is 0.0358. The van der Waals surface area contributed by atoms with Gasteiger partial charge in [-0.3, -0.25) is 9.59 Å². The Morgan fingerprint density at radius 2 is 2.12 bits per heavy atom. The van der Waals surface area contributed by atoms with Crippen molar-refractivity contribution in [2.75, 3.05) is 0 Å². The van der Waals surface area contributed by atoms with Crippen molar-refractivity contribution in [3.8, 4) is 0 Å². The molecule has 26 heavy (non-hydrogen) atoms. The molecule has 0 bridgehead atoms. The number of aromatic nitrogens is 3. The number of rotatable bonds is 5. The molecular formula is C18H24N4O3S. The van der Waals surface area contributed by atoms with E-state index in [1.165, 1.54) is 16.0 Å². The molecule has 140 valence electrons. The Kier molecular flexibility index (Phi) is 4.15. The molecule has 2 aliphatic carbocycles. The van der Waals surface area contributed by atoms with Crippen LogP contribution in [0.1, 0.15) is 69.0 Å². The van der Waals surface area contributed by atoms with Gasteiger partial charge in [0, 0.05) is 12.0 Å². The molecule has 0 spiro atoms. The van der Waals surface area contributed by atoms with E-state index in [1.54, 1.807) is 6.92 Å². The minimum Gasteiger partial charge on any atom is -0.390 e. The monoisotopic (exact) mass is 376 g/mol. The van der Waals surface area contributed by atoms with Crippen molar-refractivity contribution in [3.63, 3.8) is 0 Å². The van der Waals surface area contributed by atoms with E-state index in [9.17, 15) is 14.7 Å². The van der Waals surface area contributed by atoms with Crippen LogP contribution in [-0.2, 0) is 11.3 Å². The summed E-state index contributed by atoms with van der Waals surface area (Å²) < 4.78 is 1.86. The molecule has 0 unspecified atom stereocenters. The molecule has 0 saturated heterocycles. The molecular weight excluding hydrogens is 352 g/mol. The fourth-order valence-electron chi connectivity index (χ4n) is 3.51. The molecule has 8 heteroatoms. The van der Waals surface area contributed by atoms with Gasteiger partial charge in [0.1, 0.15) is 16.8 Å². The van der Waals surface area contributed by atoms with Crippen LogP contribution in [0.4, 0.5) is 0 Å². The maximum atomic E-state index is 12.8. The molecule has 7 nitrogen and oxygen atoms in total. The van der Waals surface area contributed by atoms with Gasteiger partial charge in [-0.15, -0.1) is 11.3 Å². The second-order valence-corrected chi connectivity index (χ2v) is 9.21. The maximum absolute atomic E-state index is 12.8. The minimum atomic E-state index is -0.696. The van der Waals surface area contributed by atoms with E-state index >= 15 is 0 Å². The number of hydrogen-bond acceptors (Lipinski definition) is 6. The predicted octanol–water partition coefficient (Wildman–Crippen LogP) is 1.88. The van der Waals surface area contributed by atoms with Gasteiger partial charge in [-0.1, -0.05) is 13.8 Å². The van der Waals surface area contributed by atoms with Crippen LogP contribution in [0.25, 0.3) is 10.2 Å². The van der Waals surface area contributed by atoms with Crippen molar-refractivity contribution in [2.45, 2.75) is 76.5 Å². The van der Waals surface area contributed by atoms with E-state index in [4.69, 9.17) is 0 Å². The molecule has 2 saturated carbocycles. The van der Waals surface area contributed by atoms with E-state index in [0.717, 1.165) is 23.5 Å². The zero-order valence-corrected chi connectivity index (χ0v) is 16.1. The highest BCUT2D eigenvalue weighted by atomic mass is 32.1. The molecule has 0 aromatic carbocycles. The Hall–Kier alpha value is -1.80. The first-order valence-electron chi connectivity index (χ1n) is 9.17. The fraction of sp³-hybridized carbons (Fsp3) is 0.667. The number of amides is 1. The predicted molar refractivity (Wildman–Crippen MR) is 99.5 cm³/mol. The van der Waals surface area contributed by atoms with Crippen LogP contribution in [-0.4, -0.2) is 37.4 Å². The zero-order valence-electron chi connectivity index (χ0n) is 15.3. The van der Waals surface area contributed by atoms with Crippen LogP contribution < -0.4 is 10.9 Å². The normalized spacial score (nSPS) is 25.5. The Morgan fingerprint density at radius 3 is 2.69 bits per heavy atom. The lowest BCUT2D eigenvalue weighted by Crippen LogP contribution is -2.54.